The van der Waals surface area contributed by atoms with Crippen molar-refractivity contribution in [3.63, 3.8) is 0 Å². The van der Waals surface area contributed by atoms with E-state index in [-0.39, 0.29) is 30.8 Å². The second-order valence-corrected chi connectivity index (χ2v) is 10.7. The zero-order valence-corrected chi connectivity index (χ0v) is 25.0. The molecule has 2 heterocycles. The van der Waals surface area contributed by atoms with Crippen molar-refractivity contribution >= 4 is 41.5 Å². The van der Waals surface area contributed by atoms with E-state index in [2.05, 4.69) is 46.0 Å². The molecule has 0 saturated carbocycles. The molecule has 226 valence electrons. The third-order valence-electron chi connectivity index (χ3n) is 6.68. The van der Waals surface area contributed by atoms with Crippen LogP contribution in [0.2, 0.25) is 0 Å². The number of nitrogens with zero attached hydrogens (tertiary/aromatic N) is 2. The van der Waals surface area contributed by atoms with Crippen LogP contribution in [0, 0.1) is 0 Å². The number of hydrogen-bond acceptors (Lipinski definition) is 8. The first-order valence-electron chi connectivity index (χ1n) is 14.4. The molecular formula is C32H42N4O6. The van der Waals surface area contributed by atoms with Gasteiger partial charge in [0, 0.05) is 39.3 Å². The topological polar surface area (TPSA) is 117 Å². The normalized spacial score (nSPS) is 15.1. The lowest BCUT2D eigenvalue weighted by atomic mass is 10.0. The summed E-state index contributed by atoms with van der Waals surface area (Å²) in [6.45, 7) is 7.93. The quantitative estimate of drug-likeness (QED) is 0.229. The van der Waals surface area contributed by atoms with Gasteiger partial charge in [-0.05, 0) is 56.0 Å². The molecule has 2 aliphatic rings. The average Bonchev–Trinajstić information content (AvgIpc) is 3.26. The summed E-state index contributed by atoms with van der Waals surface area (Å²) in [4.78, 5) is 57.9. The molecule has 0 aromatic heterocycles. The van der Waals surface area contributed by atoms with Crippen molar-refractivity contribution < 1.29 is 28.9 Å². The Labute approximate surface area is 247 Å². The summed E-state index contributed by atoms with van der Waals surface area (Å²) in [5, 5.41) is 3.95. The fourth-order valence-corrected chi connectivity index (χ4v) is 4.58. The van der Waals surface area contributed by atoms with Crippen LogP contribution in [-0.4, -0.2) is 54.5 Å². The molecule has 0 bridgehead atoms. The number of nitrogens with one attached hydrogen (secondary N) is 2. The fraction of sp³-hybridized carbons (Fsp3) is 0.438. The van der Waals surface area contributed by atoms with E-state index >= 15 is 0 Å². The van der Waals surface area contributed by atoms with E-state index < -0.39 is 17.8 Å². The van der Waals surface area contributed by atoms with Gasteiger partial charge in [-0.15, -0.1) is 5.06 Å². The number of carbonyl (C=O) groups excluding carboxylic acids is 4. The number of anilines is 1. The van der Waals surface area contributed by atoms with E-state index in [0.717, 1.165) is 35.3 Å². The van der Waals surface area contributed by atoms with Crippen molar-refractivity contribution in [1.29, 1.82) is 0 Å². The van der Waals surface area contributed by atoms with Crippen LogP contribution in [0.5, 0.6) is 0 Å². The van der Waals surface area contributed by atoms with Crippen molar-refractivity contribution in [3.05, 3.63) is 65.2 Å². The first-order valence-corrected chi connectivity index (χ1v) is 14.4. The minimum Gasteiger partial charge on any atom is -0.330 e. The van der Waals surface area contributed by atoms with E-state index in [1.54, 1.807) is 7.05 Å². The molecule has 2 aromatic rings. The Morgan fingerprint density at radius 3 is 2.26 bits per heavy atom. The summed E-state index contributed by atoms with van der Waals surface area (Å²) >= 11 is 0. The Kier molecular flexibility index (Phi) is 12.4. The molecule has 0 radical (unpaired) electrons. The Hall–Kier alpha value is -3.86. The standard InChI is InChI=1S/C24H31N3O2.C8H11NO4/c1-24(2,29-25-3)18-26-16-8-13-23(28)27-17-21-11-5-4-9-19(21)14-15-20-10-6-7-12-22(20)27;1-2-3-8(12)13-9-6(10)4-5-7(9)11/h4-7,9-12,14-15,25-26H,8,13,16-18H2,1-3H3;2-5H2,1H3/b15-14-;. The number of hydrogen-bond donors (Lipinski definition) is 2. The lowest BCUT2D eigenvalue weighted by Gasteiger charge is -2.27. The summed E-state index contributed by atoms with van der Waals surface area (Å²) in [6, 6.07) is 16.4. The number of hydroxylamine groups is 3. The van der Waals surface area contributed by atoms with Crippen molar-refractivity contribution in [2.45, 2.75) is 71.4 Å². The molecular weight excluding hydrogens is 536 g/mol. The largest absolute Gasteiger partial charge is 0.333 e. The van der Waals surface area contributed by atoms with Gasteiger partial charge < -0.3 is 15.1 Å². The molecule has 0 spiro atoms. The molecule has 10 nitrogen and oxygen atoms in total. The maximum absolute atomic E-state index is 13.1. The lowest BCUT2D eigenvalue weighted by Crippen LogP contribution is -2.41. The first kappa shape index (κ1) is 32.7. The van der Waals surface area contributed by atoms with Crippen LogP contribution in [0.3, 0.4) is 0 Å². The molecule has 0 atom stereocenters. The van der Waals surface area contributed by atoms with Crippen molar-refractivity contribution in [3.8, 4) is 0 Å². The third kappa shape index (κ3) is 9.61. The van der Waals surface area contributed by atoms with Crippen LogP contribution in [-0.2, 0) is 35.4 Å². The average molecular weight is 579 g/mol. The van der Waals surface area contributed by atoms with Crippen LogP contribution < -0.4 is 15.7 Å². The molecule has 0 unspecified atom stereocenters. The van der Waals surface area contributed by atoms with Gasteiger partial charge in [0.1, 0.15) is 0 Å². The van der Waals surface area contributed by atoms with Gasteiger partial charge in [-0.2, -0.15) is 0 Å². The van der Waals surface area contributed by atoms with Crippen LogP contribution in [0.4, 0.5) is 5.69 Å². The van der Waals surface area contributed by atoms with E-state index in [4.69, 9.17) is 4.84 Å². The third-order valence-corrected chi connectivity index (χ3v) is 6.68. The first-order chi connectivity index (χ1) is 20.1. The van der Waals surface area contributed by atoms with Gasteiger partial charge in [-0.3, -0.25) is 19.2 Å². The SMILES string of the molecule is CCCC(=O)ON1C(=O)CCC1=O.CNOC(C)(C)CNCCCC(=O)N1Cc2ccccc2/C=C\c2ccccc21. The number of carbonyl (C=O) groups is 4. The molecule has 42 heavy (non-hydrogen) atoms. The Balaban J connectivity index is 0.000000312. The van der Waals surface area contributed by atoms with Crippen molar-refractivity contribution in [2.24, 2.45) is 0 Å². The molecule has 3 amide bonds. The monoisotopic (exact) mass is 578 g/mol. The molecule has 0 aliphatic carbocycles. The van der Waals surface area contributed by atoms with E-state index in [0.29, 0.717) is 31.0 Å². The zero-order valence-electron chi connectivity index (χ0n) is 25.0. The minimum atomic E-state index is -0.536. The number of benzene rings is 2. The number of amides is 3. The van der Waals surface area contributed by atoms with Crippen LogP contribution in [0.1, 0.15) is 76.0 Å². The maximum atomic E-state index is 13.1. The second kappa shape index (κ2) is 16.0. The number of fused-ring (bicyclic) bond motifs is 2. The highest BCUT2D eigenvalue weighted by Gasteiger charge is 2.32. The molecule has 10 heteroatoms. The summed E-state index contributed by atoms with van der Waals surface area (Å²) in [5.41, 5.74) is 6.80. The molecule has 4 rings (SSSR count). The lowest BCUT2D eigenvalue weighted by molar-refractivity contribution is -0.197. The molecule has 2 N–H and O–H groups in total. The van der Waals surface area contributed by atoms with E-state index in [1.165, 1.54) is 0 Å². The summed E-state index contributed by atoms with van der Waals surface area (Å²) in [7, 11) is 1.76. The van der Waals surface area contributed by atoms with Gasteiger partial charge in [-0.25, -0.2) is 10.3 Å². The van der Waals surface area contributed by atoms with Gasteiger partial charge in [-0.1, -0.05) is 61.5 Å². The molecule has 2 aromatic carbocycles. The van der Waals surface area contributed by atoms with Gasteiger partial charge in [0.15, 0.2) is 0 Å². The molecule has 2 aliphatic heterocycles. The minimum absolute atomic E-state index is 0.137. The Bertz CT molecular complexity index is 1260. The van der Waals surface area contributed by atoms with Crippen LogP contribution in [0.15, 0.2) is 48.5 Å². The summed E-state index contributed by atoms with van der Waals surface area (Å²) < 4.78 is 0. The van der Waals surface area contributed by atoms with E-state index in [1.807, 2.05) is 56.0 Å². The van der Waals surface area contributed by atoms with E-state index in [9.17, 15) is 19.2 Å². The van der Waals surface area contributed by atoms with Gasteiger partial charge in [0.05, 0.1) is 17.8 Å². The molecule has 1 saturated heterocycles. The molecule has 1 fully saturated rings. The number of rotatable bonds is 11. The van der Waals surface area contributed by atoms with Gasteiger partial charge >= 0.3 is 5.97 Å². The highest BCUT2D eigenvalue weighted by molar-refractivity contribution is 6.01. The predicted molar refractivity (Wildman–Crippen MR) is 161 cm³/mol. The maximum Gasteiger partial charge on any atom is 0.333 e. The zero-order chi connectivity index (χ0) is 30.5. The number of para-hydroxylation sites is 1. The predicted octanol–water partition coefficient (Wildman–Crippen LogP) is 4.40. The van der Waals surface area contributed by atoms with Crippen molar-refractivity contribution in [2.75, 3.05) is 25.0 Å². The smallest absolute Gasteiger partial charge is 0.330 e. The van der Waals surface area contributed by atoms with Gasteiger partial charge in [0.25, 0.3) is 11.8 Å². The Morgan fingerprint density at radius 2 is 1.57 bits per heavy atom. The van der Waals surface area contributed by atoms with Gasteiger partial charge in [0.2, 0.25) is 5.91 Å². The number of imide groups is 1. The Morgan fingerprint density at radius 1 is 0.929 bits per heavy atom. The van der Waals surface area contributed by atoms with Crippen LogP contribution in [0.25, 0.3) is 12.2 Å². The van der Waals surface area contributed by atoms with Crippen molar-refractivity contribution in [1.82, 2.24) is 15.9 Å². The highest BCUT2D eigenvalue weighted by atomic mass is 16.7. The summed E-state index contributed by atoms with van der Waals surface area (Å²) in [5.74, 6) is -1.26. The summed E-state index contributed by atoms with van der Waals surface area (Å²) in [6.07, 6.45) is 6.64. The van der Waals surface area contributed by atoms with Crippen LogP contribution >= 0.6 is 0 Å². The second-order valence-electron chi connectivity index (χ2n) is 10.7. The highest BCUT2D eigenvalue weighted by Crippen LogP contribution is 2.29. The fourth-order valence-electron chi connectivity index (χ4n) is 4.58.